The third-order valence-electron chi connectivity index (χ3n) is 2.28. The molecule has 1 rings (SSSR count). The number of rotatable bonds is 5. The minimum absolute atomic E-state index is 0.00287. The smallest absolute Gasteiger partial charge is 0.238 e. The van der Waals surface area contributed by atoms with Crippen molar-refractivity contribution < 1.29 is 17.5 Å². The van der Waals surface area contributed by atoms with Gasteiger partial charge in [0.05, 0.1) is 11.2 Å². The number of primary sulfonamides is 1. The highest BCUT2D eigenvalue weighted by atomic mass is 32.2. The predicted octanol–water partition coefficient (Wildman–Crippen LogP) is 0.913. The minimum Gasteiger partial charge on any atom is -0.489 e. The Morgan fingerprint density at radius 2 is 2.00 bits per heavy atom. The third kappa shape index (κ3) is 4.10. The maximum Gasteiger partial charge on any atom is 0.238 e. The first-order chi connectivity index (χ1) is 8.34. The molecule has 7 heteroatoms. The van der Waals surface area contributed by atoms with Gasteiger partial charge in [0.15, 0.2) is 0 Å². The van der Waals surface area contributed by atoms with Crippen molar-refractivity contribution in [3.63, 3.8) is 0 Å². The lowest BCUT2D eigenvalue weighted by Crippen LogP contribution is -2.22. The van der Waals surface area contributed by atoms with E-state index in [4.69, 9.17) is 15.6 Å². The lowest BCUT2D eigenvalue weighted by Gasteiger charge is -2.11. The van der Waals surface area contributed by atoms with Crippen LogP contribution in [0, 0.1) is 0 Å². The Hall–Kier alpha value is -1.44. The molecule has 0 heterocycles. The van der Waals surface area contributed by atoms with Crippen LogP contribution in [0.15, 0.2) is 41.1 Å². The van der Waals surface area contributed by atoms with Crippen LogP contribution >= 0.6 is 0 Å². The van der Waals surface area contributed by atoms with Crippen LogP contribution in [0.25, 0.3) is 0 Å². The number of hydrogen-bond donors (Lipinski definition) is 2. The second-order valence-electron chi connectivity index (χ2n) is 3.78. The van der Waals surface area contributed by atoms with E-state index in [0.29, 0.717) is 17.7 Å². The molecule has 0 aliphatic rings. The molecule has 0 fully saturated rings. The highest BCUT2D eigenvalue weighted by Gasteiger charge is 2.08. The molecule has 1 aromatic carbocycles. The fraction of sp³-hybridized carbons (Fsp3) is 0.273. The maximum atomic E-state index is 12.4. The molecule has 0 unspecified atom stereocenters. The van der Waals surface area contributed by atoms with E-state index in [-0.39, 0.29) is 11.5 Å². The van der Waals surface area contributed by atoms with Crippen LogP contribution in [0.4, 0.5) is 4.39 Å². The highest BCUT2D eigenvalue weighted by Crippen LogP contribution is 2.16. The molecular weight excluding hydrogens is 259 g/mol. The highest BCUT2D eigenvalue weighted by molar-refractivity contribution is 7.89. The monoisotopic (exact) mass is 274 g/mol. The number of ether oxygens (including phenoxy) is 1. The van der Waals surface area contributed by atoms with Gasteiger partial charge in [-0.3, -0.25) is 0 Å². The lowest BCUT2D eigenvalue weighted by atomic mass is 10.2. The van der Waals surface area contributed by atoms with Crippen LogP contribution in [0.2, 0.25) is 0 Å². The second-order valence-corrected chi connectivity index (χ2v) is 5.34. The Balaban J connectivity index is 2.71. The van der Waals surface area contributed by atoms with Crippen molar-refractivity contribution in [2.45, 2.75) is 17.9 Å². The normalized spacial score (nSPS) is 14.3. The van der Waals surface area contributed by atoms with E-state index < -0.39 is 16.1 Å². The fourth-order valence-electron chi connectivity index (χ4n) is 1.15. The molecule has 1 atom stereocenters. The molecule has 0 saturated carbocycles. The van der Waals surface area contributed by atoms with E-state index in [1.54, 1.807) is 6.92 Å². The fourth-order valence-corrected chi connectivity index (χ4v) is 1.67. The summed E-state index contributed by atoms with van der Waals surface area (Å²) in [5.41, 5.74) is 5.82. The predicted molar refractivity (Wildman–Crippen MR) is 66.2 cm³/mol. The summed E-state index contributed by atoms with van der Waals surface area (Å²) in [6.45, 7) is 1.64. The van der Waals surface area contributed by atoms with Crippen molar-refractivity contribution >= 4 is 10.0 Å². The molecule has 4 N–H and O–H groups in total. The van der Waals surface area contributed by atoms with Gasteiger partial charge in [-0.1, -0.05) is 0 Å². The van der Waals surface area contributed by atoms with Crippen LogP contribution in [0.3, 0.4) is 0 Å². The van der Waals surface area contributed by atoms with E-state index >= 15 is 0 Å². The number of nitrogens with two attached hydrogens (primary N) is 2. The van der Waals surface area contributed by atoms with Gasteiger partial charge in [0.1, 0.15) is 12.4 Å². The molecule has 0 aliphatic heterocycles. The van der Waals surface area contributed by atoms with Gasteiger partial charge in [0.25, 0.3) is 0 Å². The largest absolute Gasteiger partial charge is 0.489 e. The van der Waals surface area contributed by atoms with E-state index in [0.717, 1.165) is 0 Å². The molecule has 0 bridgehead atoms. The Kier molecular flexibility index (Phi) is 4.83. The standard InChI is InChI=1S/C11H15FN2O3S/c1-8(13)9(6-12)7-17-10-2-4-11(5-3-10)18(14,15)16/h2-6,8H,7,13H2,1H3,(H2,14,15,16)/b9-6-/t8-/m0/s1. The molecule has 0 saturated heterocycles. The number of sulfonamides is 1. The van der Waals surface area contributed by atoms with E-state index in [2.05, 4.69) is 0 Å². The van der Waals surface area contributed by atoms with E-state index in [1.165, 1.54) is 24.3 Å². The maximum absolute atomic E-state index is 12.4. The zero-order valence-electron chi connectivity index (χ0n) is 9.84. The molecule has 5 nitrogen and oxygen atoms in total. The molecule has 0 spiro atoms. The Labute approximate surface area is 105 Å². The number of halogens is 1. The Morgan fingerprint density at radius 1 is 1.44 bits per heavy atom. The van der Waals surface area contributed by atoms with Crippen molar-refractivity contribution in [3.05, 3.63) is 36.2 Å². The van der Waals surface area contributed by atoms with E-state index in [1.807, 2.05) is 0 Å². The van der Waals surface area contributed by atoms with Crippen LogP contribution in [-0.4, -0.2) is 21.1 Å². The quantitative estimate of drug-likeness (QED) is 0.834. The molecule has 0 aromatic heterocycles. The van der Waals surface area contributed by atoms with Crippen molar-refractivity contribution in [1.29, 1.82) is 0 Å². The topological polar surface area (TPSA) is 95.4 Å². The Morgan fingerprint density at radius 3 is 2.39 bits per heavy atom. The zero-order valence-corrected chi connectivity index (χ0v) is 10.7. The molecule has 0 amide bonds. The minimum atomic E-state index is -3.72. The summed E-state index contributed by atoms with van der Waals surface area (Å²) in [5, 5.41) is 4.95. The van der Waals surface area contributed by atoms with Gasteiger partial charge in [-0.25, -0.2) is 17.9 Å². The molecule has 18 heavy (non-hydrogen) atoms. The van der Waals surface area contributed by atoms with Crippen molar-refractivity contribution in [2.24, 2.45) is 10.9 Å². The van der Waals surface area contributed by atoms with Crippen LogP contribution < -0.4 is 15.6 Å². The molecule has 0 aliphatic carbocycles. The van der Waals surface area contributed by atoms with Gasteiger partial charge in [-0.15, -0.1) is 0 Å². The van der Waals surface area contributed by atoms with Gasteiger partial charge in [0, 0.05) is 11.6 Å². The number of hydrogen-bond acceptors (Lipinski definition) is 4. The van der Waals surface area contributed by atoms with Crippen molar-refractivity contribution in [2.75, 3.05) is 6.61 Å². The zero-order chi connectivity index (χ0) is 13.8. The van der Waals surface area contributed by atoms with Gasteiger partial charge >= 0.3 is 0 Å². The number of benzene rings is 1. The van der Waals surface area contributed by atoms with Gasteiger partial charge < -0.3 is 10.5 Å². The SMILES string of the molecule is C[C@H](N)/C(=C\F)COc1ccc(S(N)(=O)=O)cc1. The molecule has 1 aromatic rings. The summed E-state index contributed by atoms with van der Waals surface area (Å²) in [7, 11) is -3.72. The lowest BCUT2D eigenvalue weighted by molar-refractivity contribution is 0.341. The average Bonchev–Trinajstić information content (AvgIpc) is 2.29. The third-order valence-corrected chi connectivity index (χ3v) is 3.21. The molecule has 0 radical (unpaired) electrons. The van der Waals surface area contributed by atoms with Gasteiger partial charge in [-0.2, -0.15) is 0 Å². The van der Waals surface area contributed by atoms with Crippen LogP contribution in [-0.2, 0) is 10.0 Å². The average molecular weight is 274 g/mol. The van der Waals surface area contributed by atoms with Crippen LogP contribution in [0.5, 0.6) is 5.75 Å². The van der Waals surface area contributed by atoms with E-state index in [9.17, 15) is 12.8 Å². The molecular formula is C11H15FN2O3S. The first-order valence-electron chi connectivity index (χ1n) is 5.15. The van der Waals surface area contributed by atoms with Gasteiger partial charge in [-0.05, 0) is 31.2 Å². The van der Waals surface area contributed by atoms with Gasteiger partial charge in [0.2, 0.25) is 10.0 Å². The van der Waals surface area contributed by atoms with Crippen molar-refractivity contribution in [1.82, 2.24) is 0 Å². The Bertz CT molecular complexity index is 524. The summed E-state index contributed by atoms with van der Waals surface area (Å²) >= 11 is 0. The summed E-state index contributed by atoms with van der Waals surface area (Å²) in [6.07, 6.45) is 0.406. The van der Waals surface area contributed by atoms with Crippen molar-refractivity contribution in [3.8, 4) is 5.75 Å². The second kappa shape index (κ2) is 5.94. The summed E-state index contributed by atoms with van der Waals surface area (Å²) in [6, 6.07) is 5.07. The summed E-state index contributed by atoms with van der Waals surface area (Å²) in [4.78, 5) is -0.0108. The summed E-state index contributed by atoms with van der Waals surface area (Å²) in [5.74, 6) is 0.405. The first-order valence-corrected chi connectivity index (χ1v) is 6.69. The van der Waals surface area contributed by atoms with Crippen LogP contribution in [0.1, 0.15) is 6.92 Å². The first kappa shape index (κ1) is 14.6. The molecule has 100 valence electrons. The summed E-state index contributed by atoms with van der Waals surface area (Å²) < 4.78 is 39.7.